The Kier molecular flexibility index (Phi) is 4.30. The third-order valence-electron chi connectivity index (χ3n) is 2.98. The van der Waals surface area contributed by atoms with E-state index in [-0.39, 0.29) is 18.1 Å². The number of fused-ring (bicyclic) bond motifs is 1. The molecule has 0 N–H and O–H groups in total. The van der Waals surface area contributed by atoms with Crippen LogP contribution in [-0.2, 0) is 4.79 Å². The van der Waals surface area contributed by atoms with Gasteiger partial charge in [0.15, 0.2) is 5.78 Å². The number of ether oxygens (including phenoxy) is 1. The van der Waals surface area contributed by atoms with Crippen LogP contribution in [0, 0.1) is 10.1 Å². The van der Waals surface area contributed by atoms with Crippen molar-refractivity contribution in [1.29, 1.82) is 0 Å². The van der Waals surface area contributed by atoms with Gasteiger partial charge in [0.1, 0.15) is 12.4 Å². The molecule has 0 aliphatic rings. The SMILES string of the molecule is CCCC(=O)COc1ccc([N+](=O)[O-])c2ccccc12. The van der Waals surface area contributed by atoms with E-state index in [1.54, 1.807) is 30.3 Å². The van der Waals surface area contributed by atoms with Gasteiger partial charge in [-0.05, 0) is 18.6 Å². The van der Waals surface area contributed by atoms with Crippen LogP contribution < -0.4 is 4.74 Å². The Hall–Kier alpha value is -2.43. The Morgan fingerprint density at radius 1 is 1.20 bits per heavy atom. The van der Waals surface area contributed by atoms with E-state index >= 15 is 0 Å². The fourth-order valence-corrected chi connectivity index (χ4v) is 2.05. The first-order valence-electron chi connectivity index (χ1n) is 6.44. The maximum atomic E-state index is 11.5. The molecule has 0 amide bonds. The summed E-state index contributed by atoms with van der Waals surface area (Å²) in [5.41, 5.74) is 0.0350. The van der Waals surface area contributed by atoms with Gasteiger partial charge in [-0.25, -0.2) is 0 Å². The van der Waals surface area contributed by atoms with Gasteiger partial charge in [0.05, 0.1) is 10.3 Å². The van der Waals surface area contributed by atoms with E-state index in [1.807, 2.05) is 6.92 Å². The normalized spacial score (nSPS) is 10.4. The average Bonchev–Trinajstić information content (AvgIpc) is 2.44. The van der Waals surface area contributed by atoms with Crippen molar-refractivity contribution in [2.75, 3.05) is 6.61 Å². The Morgan fingerprint density at radius 3 is 2.55 bits per heavy atom. The number of non-ortho nitro benzene ring substituents is 1. The zero-order chi connectivity index (χ0) is 14.5. The predicted octanol–water partition coefficient (Wildman–Crippen LogP) is 3.50. The van der Waals surface area contributed by atoms with Gasteiger partial charge in [-0.15, -0.1) is 0 Å². The quantitative estimate of drug-likeness (QED) is 0.596. The summed E-state index contributed by atoms with van der Waals surface area (Å²) in [5, 5.41) is 12.1. The zero-order valence-electron chi connectivity index (χ0n) is 11.2. The molecule has 0 bridgehead atoms. The van der Waals surface area contributed by atoms with Gasteiger partial charge in [0.2, 0.25) is 0 Å². The van der Waals surface area contributed by atoms with Crippen LogP contribution in [0.15, 0.2) is 36.4 Å². The topological polar surface area (TPSA) is 69.4 Å². The number of benzene rings is 2. The minimum atomic E-state index is -0.422. The molecule has 5 heteroatoms. The molecule has 0 saturated carbocycles. The van der Waals surface area contributed by atoms with Crippen LogP contribution in [0.5, 0.6) is 5.75 Å². The highest BCUT2D eigenvalue weighted by molar-refractivity contribution is 5.95. The summed E-state index contributed by atoms with van der Waals surface area (Å²) in [7, 11) is 0. The number of nitro groups is 1. The summed E-state index contributed by atoms with van der Waals surface area (Å²) in [4.78, 5) is 22.1. The molecule has 0 aliphatic carbocycles. The molecule has 104 valence electrons. The monoisotopic (exact) mass is 273 g/mol. The van der Waals surface area contributed by atoms with Crippen LogP contribution >= 0.6 is 0 Å². The van der Waals surface area contributed by atoms with Gasteiger partial charge < -0.3 is 4.74 Å². The number of ketones is 1. The number of nitrogens with zero attached hydrogens (tertiary/aromatic N) is 1. The van der Waals surface area contributed by atoms with Crippen molar-refractivity contribution in [2.45, 2.75) is 19.8 Å². The molecule has 0 fully saturated rings. The summed E-state index contributed by atoms with van der Waals surface area (Å²) in [6.07, 6.45) is 1.26. The Labute approximate surface area is 116 Å². The van der Waals surface area contributed by atoms with E-state index < -0.39 is 4.92 Å². The lowest BCUT2D eigenvalue weighted by molar-refractivity contribution is -0.383. The Bertz CT molecular complexity index is 651. The summed E-state index contributed by atoms with van der Waals surface area (Å²) in [5.74, 6) is 0.519. The predicted molar refractivity (Wildman–Crippen MR) is 76.0 cm³/mol. The van der Waals surface area contributed by atoms with Crippen LogP contribution in [0.1, 0.15) is 19.8 Å². The van der Waals surface area contributed by atoms with Crippen LogP contribution in [0.2, 0.25) is 0 Å². The van der Waals surface area contributed by atoms with Gasteiger partial charge in [0.25, 0.3) is 5.69 Å². The van der Waals surface area contributed by atoms with Gasteiger partial charge in [-0.2, -0.15) is 0 Å². The average molecular weight is 273 g/mol. The minimum Gasteiger partial charge on any atom is -0.485 e. The molecule has 0 unspecified atom stereocenters. The molecule has 2 rings (SSSR count). The Morgan fingerprint density at radius 2 is 1.90 bits per heavy atom. The van der Waals surface area contributed by atoms with E-state index in [0.717, 1.165) is 6.42 Å². The maximum Gasteiger partial charge on any atom is 0.277 e. The summed E-state index contributed by atoms with van der Waals surface area (Å²) in [6.45, 7) is 1.93. The van der Waals surface area contributed by atoms with Crippen LogP contribution in [0.4, 0.5) is 5.69 Å². The largest absolute Gasteiger partial charge is 0.485 e. The van der Waals surface area contributed by atoms with Crippen molar-refractivity contribution >= 4 is 22.2 Å². The molecule has 0 aromatic heterocycles. The molecule has 0 heterocycles. The Balaban J connectivity index is 2.33. The van der Waals surface area contributed by atoms with Crippen molar-refractivity contribution in [3.05, 3.63) is 46.5 Å². The number of carbonyl (C=O) groups excluding carboxylic acids is 1. The van der Waals surface area contributed by atoms with Crippen LogP contribution in [0.25, 0.3) is 10.8 Å². The van der Waals surface area contributed by atoms with Gasteiger partial charge in [-0.3, -0.25) is 14.9 Å². The molecule has 0 atom stereocenters. The lowest BCUT2D eigenvalue weighted by atomic mass is 10.1. The molecule has 0 spiro atoms. The smallest absolute Gasteiger partial charge is 0.277 e. The molecule has 0 saturated heterocycles. The maximum absolute atomic E-state index is 11.5. The second-order valence-corrected chi connectivity index (χ2v) is 4.46. The highest BCUT2D eigenvalue weighted by Gasteiger charge is 2.14. The number of hydrogen-bond acceptors (Lipinski definition) is 4. The molecular weight excluding hydrogens is 258 g/mol. The lowest BCUT2D eigenvalue weighted by Gasteiger charge is -2.08. The van der Waals surface area contributed by atoms with Gasteiger partial charge in [-0.1, -0.05) is 25.1 Å². The summed E-state index contributed by atoms with van der Waals surface area (Å²) in [6, 6.07) is 9.89. The highest BCUT2D eigenvalue weighted by Crippen LogP contribution is 2.32. The highest BCUT2D eigenvalue weighted by atomic mass is 16.6. The molecule has 0 radical (unpaired) electrons. The molecule has 2 aromatic rings. The number of nitro benzene ring substituents is 1. The van der Waals surface area contributed by atoms with Crippen molar-refractivity contribution in [2.24, 2.45) is 0 Å². The standard InChI is InChI=1S/C15H15NO4/c1-2-5-11(17)10-20-15-9-8-14(16(18)19)12-6-3-4-7-13(12)15/h3-4,6-9H,2,5,10H2,1H3. The van der Waals surface area contributed by atoms with Crippen molar-refractivity contribution in [1.82, 2.24) is 0 Å². The number of rotatable bonds is 6. The first kappa shape index (κ1) is 14.0. The van der Waals surface area contributed by atoms with Gasteiger partial charge in [0, 0.05) is 17.9 Å². The van der Waals surface area contributed by atoms with E-state index in [2.05, 4.69) is 0 Å². The number of hydrogen-bond donors (Lipinski definition) is 0. The van der Waals surface area contributed by atoms with Crippen molar-refractivity contribution in [3.8, 4) is 5.75 Å². The lowest BCUT2D eigenvalue weighted by Crippen LogP contribution is -2.10. The van der Waals surface area contributed by atoms with Crippen molar-refractivity contribution < 1.29 is 14.5 Å². The number of Topliss-reactive ketones (excluding diaryl/α,β-unsaturated/α-hetero) is 1. The van der Waals surface area contributed by atoms with Crippen LogP contribution in [0.3, 0.4) is 0 Å². The molecule has 2 aromatic carbocycles. The summed E-state index contributed by atoms with van der Waals surface area (Å²) < 4.78 is 5.50. The third-order valence-corrected chi connectivity index (χ3v) is 2.98. The second kappa shape index (κ2) is 6.14. The fraction of sp³-hybridized carbons (Fsp3) is 0.267. The number of carbonyl (C=O) groups is 1. The van der Waals surface area contributed by atoms with Crippen molar-refractivity contribution in [3.63, 3.8) is 0 Å². The molecule has 0 aliphatic heterocycles. The summed E-state index contributed by atoms with van der Waals surface area (Å²) >= 11 is 0. The fourth-order valence-electron chi connectivity index (χ4n) is 2.05. The first-order chi connectivity index (χ1) is 9.63. The molecule has 5 nitrogen and oxygen atoms in total. The van der Waals surface area contributed by atoms with E-state index in [0.29, 0.717) is 22.9 Å². The van der Waals surface area contributed by atoms with E-state index in [4.69, 9.17) is 4.74 Å². The van der Waals surface area contributed by atoms with Gasteiger partial charge >= 0.3 is 0 Å². The first-order valence-corrected chi connectivity index (χ1v) is 6.44. The second-order valence-electron chi connectivity index (χ2n) is 4.46. The zero-order valence-corrected chi connectivity index (χ0v) is 11.2. The van der Waals surface area contributed by atoms with E-state index in [9.17, 15) is 14.9 Å². The third kappa shape index (κ3) is 2.93. The minimum absolute atomic E-state index is 0.00432. The molecular formula is C15H15NO4. The van der Waals surface area contributed by atoms with E-state index in [1.165, 1.54) is 6.07 Å². The molecule has 20 heavy (non-hydrogen) atoms. The van der Waals surface area contributed by atoms with Crippen LogP contribution in [-0.4, -0.2) is 17.3 Å².